The standard InChI is InChI=1S/C34H39FO3/c1-6-14-33(3,4)19-25-16-23(7-11-28(25)29-17-26(37-5)10-12-32(29)35)21-38-27-9-8-24-13-15-34(30(24)18-27)22(2)31(34)20-36/h7-12,16-18,20,22,31H,6,13-15,19,21H2,1-5H3. The van der Waals surface area contributed by atoms with E-state index < -0.39 is 0 Å². The number of methoxy groups -OCH3 is 1. The summed E-state index contributed by atoms with van der Waals surface area (Å²) in [6.45, 7) is 9.38. The molecule has 0 radical (unpaired) electrons. The molecular formula is C34H39FO3. The Morgan fingerprint density at radius 1 is 1.05 bits per heavy atom. The summed E-state index contributed by atoms with van der Waals surface area (Å²) in [6.07, 6.45) is 6.25. The zero-order valence-corrected chi connectivity index (χ0v) is 23.3. The minimum Gasteiger partial charge on any atom is -0.497 e. The molecule has 2 aliphatic carbocycles. The number of aryl methyl sites for hydroxylation is 1. The average Bonchev–Trinajstić information content (AvgIpc) is 3.29. The zero-order chi connectivity index (χ0) is 27.1. The van der Waals surface area contributed by atoms with Crippen LogP contribution in [0.15, 0.2) is 54.6 Å². The molecule has 3 atom stereocenters. The quantitative estimate of drug-likeness (QED) is 0.256. The zero-order valence-electron chi connectivity index (χ0n) is 23.3. The van der Waals surface area contributed by atoms with E-state index in [-0.39, 0.29) is 22.6 Å². The molecule has 1 saturated carbocycles. The van der Waals surface area contributed by atoms with Gasteiger partial charge in [0.25, 0.3) is 0 Å². The molecule has 0 aliphatic heterocycles. The van der Waals surface area contributed by atoms with Gasteiger partial charge in [0.2, 0.25) is 0 Å². The Balaban J connectivity index is 1.42. The number of aldehydes is 1. The number of rotatable bonds is 10. The van der Waals surface area contributed by atoms with Gasteiger partial charge in [0.1, 0.15) is 30.2 Å². The smallest absolute Gasteiger partial charge is 0.131 e. The summed E-state index contributed by atoms with van der Waals surface area (Å²) in [4.78, 5) is 11.6. The molecule has 3 nitrogen and oxygen atoms in total. The van der Waals surface area contributed by atoms with Gasteiger partial charge in [-0.05, 0) is 95.2 Å². The summed E-state index contributed by atoms with van der Waals surface area (Å²) in [5.41, 5.74) is 6.37. The van der Waals surface area contributed by atoms with Gasteiger partial charge in [-0.2, -0.15) is 0 Å². The normalized spacial score (nSPS) is 21.8. The van der Waals surface area contributed by atoms with Crippen LogP contribution in [0.4, 0.5) is 4.39 Å². The van der Waals surface area contributed by atoms with Gasteiger partial charge >= 0.3 is 0 Å². The van der Waals surface area contributed by atoms with Crippen molar-refractivity contribution < 1.29 is 18.7 Å². The van der Waals surface area contributed by atoms with E-state index in [0.29, 0.717) is 23.8 Å². The second kappa shape index (κ2) is 10.2. The predicted molar refractivity (Wildman–Crippen MR) is 150 cm³/mol. The average molecular weight is 515 g/mol. The molecule has 3 unspecified atom stereocenters. The van der Waals surface area contributed by atoms with Crippen LogP contribution in [0, 0.1) is 23.1 Å². The summed E-state index contributed by atoms with van der Waals surface area (Å²) >= 11 is 0. The van der Waals surface area contributed by atoms with Gasteiger partial charge in [-0.3, -0.25) is 0 Å². The molecule has 0 amide bonds. The molecule has 38 heavy (non-hydrogen) atoms. The van der Waals surface area contributed by atoms with Gasteiger partial charge in [0.05, 0.1) is 7.11 Å². The number of benzene rings is 3. The van der Waals surface area contributed by atoms with Gasteiger partial charge < -0.3 is 14.3 Å². The SMILES string of the molecule is CCCC(C)(C)Cc1cc(COc2ccc3c(c2)C2(CC3)C(C)C2C=O)ccc1-c1cc(OC)ccc1F. The fourth-order valence-corrected chi connectivity index (χ4v) is 6.93. The van der Waals surface area contributed by atoms with Crippen LogP contribution in [0.3, 0.4) is 0 Å². The molecule has 3 aromatic rings. The summed E-state index contributed by atoms with van der Waals surface area (Å²) in [5, 5.41) is 0. The maximum atomic E-state index is 15.0. The molecule has 0 bridgehead atoms. The van der Waals surface area contributed by atoms with Crippen molar-refractivity contribution in [3.05, 3.63) is 82.7 Å². The molecule has 1 spiro atoms. The van der Waals surface area contributed by atoms with Gasteiger partial charge in [-0.15, -0.1) is 0 Å². The Morgan fingerprint density at radius 3 is 2.55 bits per heavy atom. The van der Waals surface area contributed by atoms with Crippen molar-refractivity contribution in [2.45, 2.75) is 71.8 Å². The summed E-state index contributed by atoms with van der Waals surface area (Å²) in [6, 6.07) is 17.5. The van der Waals surface area contributed by atoms with Crippen molar-refractivity contribution in [3.8, 4) is 22.6 Å². The van der Waals surface area contributed by atoms with Gasteiger partial charge in [-0.25, -0.2) is 4.39 Å². The highest BCUT2D eigenvalue weighted by Gasteiger charge is 2.64. The number of carbonyl (C=O) groups excluding carboxylic acids is 1. The van der Waals surface area contributed by atoms with Crippen LogP contribution < -0.4 is 9.47 Å². The second-order valence-electron chi connectivity index (χ2n) is 12.0. The van der Waals surface area contributed by atoms with Crippen LogP contribution in [-0.4, -0.2) is 13.4 Å². The van der Waals surface area contributed by atoms with E-state index in [4.69, 9.17) is 9.47 Å². The van der Waals surface area contributed by atoms with E-state index in [2.05, 4.69) is 45.9 Å². The van der Waals surface area contributed by atoms with Crippen LogP contribution in [-0.2, 0) is 29.7 Å². The number of hydrogen-bond donors (Lipinski definition) is 0. The number of fused-ring (bicyclic) bond motifs is 2. The molecule has 4 heteroatoms. The lowest BCUT2D eigenvalue weighted by atomic mass is 9.79. The molecule has 0 saturated heterocycles. The third kappa shape index (κ3) is 4.74. The molecule has 1 fully saturated rings. The molecule has 2 aliphatic rings. The van der Waals surface area contributed by atoms with E-state index >= 15 is 0 Å². The molecule has 200 valence electrons. The Bertz CT molecular complexity index is 1340. The molecule has 0 aromatic heterocycles. The molecular weight excluding hydrogens is 475 g/mol. The number of ether oxygens (including phenoxy) is 2. The third-order valence-electron chi connectivity index (χ3n) is 9.01. The fourth-order valence-electron chi connectivity index (χ4n) is 6.93. The lowest BCUT2D eigenvalue weighted by molar-refractivity contribution is -0.109. The monoisotopic (exact) mass is 514 g/mol. The number of hydrogen-bond acceptors (Lipinski definition) is 3. The van der Waals surface area contributed by atoms with Crippen molar-refractivity contribution in [1.82, 2.24) is 0 Å². The first-order valence-electron chi connectivity index (χ1n) is 13.9. The lowest BCUT2D eigenvalue weighted by Crippen LogP contribution is -2.15. The van der Waals surface area contributed by atoms with E-state index in [1.807, 2.05) is 18.2 Å². The van der Waals surface area contributed by atoms with Crippen molar-refractivity contribution >= 4 is 6.29 Å². The van der Waals surface area contributed by atoms with E-state index in [9.17, 15) is 9.18 Å². The summed E-state index contributed by atoms with van der Waals surface area (Å²) in [5.74, 6) is 1.75. The van der Waals surface area contributed by atoms with E-state index in [0.717, 1.165) is 60.8 Å². The van der Waals surface area contributed by atoms with Gasteiger partial charge in [0, 0.05) is 16.9 Å². The third-order valence-corrected chi connectivity index (χ3v) is 9.01. The first-order chi connectivity index (χ1) is 18.2. The molecule has 3 aromatic carbocycles. The van der Waals surface area contributed by atoms with Crippen LogP contribution in [0.5, 0.6) is 11.5 Å². The highest BCUT2D eigenvalue weighted by atomic mass is 19.1. The number of carbonyl (C=O) groups is 1. The van der Waals surface area contributed by atoms with Crippen molar-refractivity contribution in [3.63, 3.8) is 0 Å². The first kappa shape index (κ1) is 26.5. The molecule has 0 heterocycles. The summed E-state index contributed by atoms with van der Waals surface area (Å²) < 4.78 is 26.7. The maximum Gasteiger partial charge on any atom is 0.131 e. The Labute approximate surface area is 226 Å². The largest absolute Gasteiger partial charge is 0.497 e. The summed E-state index contributed by atoms with van der Waals surface area (Å²) in [7, 11) is 1.60. The van der Waals surface area contributed by atoms with Crippen LogP contribution in [0.25, 0.3) is 11.1 Å². The second-order valence-corrected chi connectivity index (χ2v) is 12.0. The van der Waals surface area contributed by atoms with Crippen molar-refractivity contribution in [2.75, 3.05) is 7.11 Å². The topological polar surface area (TPSA) is 35.5 Å². The van der Waals surface area contributed by atoms with Gasteiger partial charge in [0.15, 0.2) is 0 Å². The Morgan fingerprint density at radius 2 is 1.84 bits per heavy atom. The minimum atomic E-state index is -0.251. The first-order valence-corrected chi connectivity index (χ1v) is 13.9. The van der Waals surface area contributed by atoms with Crippen LogP contribution >= 0.6 is 0 Å². The molecule has 5 rings (SSSR count). The predicted octanol–water partition coefficient (Wildman–Crippen LogP) is 8.10. The molecule has 0 N–H and O–H groups in total. The van der Waals surface area contributed by atoms with Gasteiger partial charge in [-0.1, -0.05) is 58.4 Å². The highest BCUT2D eigenvalue weighted by molar-refractivity contribution is 5.70. The Kier molecular flexibility index (Phi) is 7.11. The lowest BCUT2D eigenvalue weighted by Gasteiger charge is -2.26. The fraction of sp³-hybridized carbons (Fsp3) is 0.441. The highest BCUT2D eigenvalue weighted by Crippen LogP contribution is 2.65. The van der Waals surface area contributed by atoms with Crippen molar-refractivity contribution in [2.24, 2.45) is 17.3 Å². The minimum absolute atomic E-state index is 0.0109. The maximum absolute atomic E-state index is 15.0. The number of halogens is 1. The van der Waals surface area contributed by atoms with Crippen LogP contribution in [0.1, 0.15) is 69.2 Å². The van der Waals surface area contributed by atoms with Crippen LogP contribution in [0.2, 0.25) is 0 Å². The van der Waals surface area contributed by atoms with E-state index in [1.165, 1.54) is 17.2 Å². The van der Waals surface area contributed by atoms with E-state index in [1.54, 1.807) is 19.2 Å². The van der Waals surface area contributed by atoms with Crippen molar-refractivity contribution in [1.29, 1.82) is 0 Å². The Hall–Kier alpha value is -3.14.